The number of anilines is 1. The Morgan fingerprint density at radius 2 is 1.71 bits per heavy atom. The second-order valence-corrected chi connectivity index (χ2v) is 9.50. The van der Waals surface area contributed by atoms with Crippen LogP contribution in [0, 0.1) is 6.92 Å². The van der Waals surface area contributed by atoms with Crippen molar-refractivity contribution < 1.29 is 19.1 Å². The van der Waals surface area contributed by atoms with Gasteiger partial charge in [-0.2, -0.15) is 5.10 Å². The van der Waals surface area contributed by atoms with Gasteiger partial charge in [-0.3, -0.25) is 19.2 Å². The maximum Gasteiger partial charge on any atom is 0.277 e. The van der Waals surface area contributed by atoms with Crippen LogP contribution in [0.3, 0.4) is 0 Å². The molecule has 4 aromatic rings. The average molecular weight is 511 g/mol. The van der Waals surface area contributed by atoms with Gasteiger partial charge >= 0.3 is 0 Å². The van der Waals surface area contributed by atoms with Gasteiger partial charge in [0.2, 0.25) is 5.91 Å². The summed E-state index contributed by atoms with van der Waals surface area (Å²) in [7, 11) is 3.21. The van der Waals surface area contributed by atoms with Crippen molar-refractivity contribution in [3.8, 4) is 22.8 Å². The highest BCUT2D eigenvalue weighted by molar-refractivity contribution is 6.12. The van der Waals surface area contributed by atoms with Gasteiger partial charge in [-0.1, -0.05) is 36.4 Å². The number of hydrogen-bond acceptors (Lipinski definition) is 5. The molecule has 38 heavy (non-hydrogen) atoms. The van der Waals surface area contributed by atoms with E-state index < -0.39 is 5.54 Å². The largest absolute Gasteiger partial charge is 0.497 e. The number of rotatable bonds is 7. The zero-order valence-corrected chi connectivity index (χ0v) is 21.9. The summed E-state index contributed by atoms with van der Waals surface area (Å²) in [5, 5.41) is 7.77. The summed E-state index contributed by atoms with van der Waals surface area (Å²) in [5.74, 6) is 0.852. The van der Waals surface area contributed by atoms with Gasteiger partial charge in [0, 0.05) is 23.4 Å². The number of nitrogens with one attached hydrogen (secondary N) is 1. The van der Waals surface area contributed by atoms with E-state index in [4.69, 9.17) is 14.6 Å². The molecule has 8 nitrogen and oxygen atoms in total. The van der Waals surface area contributed by atoms with Crippen LogP contribution in [0.15, 0.2) is 78.9 Å². The van der Waals surface area contributed by atoms with Gasteiger partial charge in [0.25, 0.3) is 5.91 Å². The Labute approximate surface area is 221 Å². The molecule has 1 aliphatic heterocycles. The molecule has 0 fully saturated rings. The summed E-state index contributed by atoms with van der Waals surface area (Å²) in [4.78, 5) is 29.5. The Balaban J connectivity index is 1.53. The summed E-state index contributed by atoms with van der Waals surface area (Å²) >= 11 is 0. The number of fused-ring (bicyclic) bond motifs is 1. The molecule has 194 valence electrons. The van der Waals surface area contributed by atoms with Gasteiger partial charge in [-0.05, 0) is 61.9 Å². The van der Waals surface area contributed by atoms with Crippen molar-refractivity contribution in [2.24, 2.45) is 0 Å². The van der Waals surface area contributed by atoms with Crippen molar-refractivity contribution in [1.82, 2.24) is 15.1 Å². The Kier molecular flexibility index (Phi) is 6.63. The summed E-state index contributed by atoms with van der Waals surface area (Å²) in [6.07, 6.45) is 0. The predicted octanol–water partition coefficient (Wildman–Crippen LogP) is 4.61. The van der Waals surface area contributed by atoms with E-state index in [2.05, 4.69) is 5.32 Å². The topological polar surface area (TPSA) is 85.7 Å². The van der Waals surface area contributed by atoms with Crippen LogP contribution in [0.25, 0.3) is 11.3 Å². The summed E-state index contributed by atoms with van der Waals surface area (Å²) < 4.78 is 12.3. The van der Waals surface area contributed by atoms with Gasteiger partial charge in [-0.15, -0.1) is 0 Å². The first-order chi connectivity index (χ1) is 18.4. The molecule has 1 N–H and O–H groups in total. The molecule has 1 aliphatic rings. The fourth-order valence-corrected chi connectivity index (χ4v) is 4.89. The maximum absolute atomic E-state index is 14.1. The molecule has 0 bridgehead atoms. The van der Waals surface area contributed by atoms with E-state index >= 15 is 0 Å². The Morgan fingerprint density at radius 3 is 2.42 bits per heavy atom. The first-order valence-electron chi connectivity index (χ1n) is 12.4. The van der Waals surface area contributed by atoms with E-state index in [-0.39, 0.29) is 24.9 Å². The smallest absolute Gasteiger partial charge is 0.277 e. The number of carbonyl (C=O) groups excluding carboxylic acids is 2. The highest BCUT2D eigenvalue weighted by Crippen LogP contribution is 2.36. The van der Waals surface area contributed by atoms with Gasteiger partial charge in [0.1, 0.15) is 22.7 Å². The quantitative estimate of drug-likeness (QED) is 0.392. The molecule has 1 atom stereocenters. The maximum atomic E-state index is 14.1. The lowest BCUT2D eigenvalue weighted by Crippen LogP contribution is -2.64. The van der Waals surface area contributed by atoms with Crippen LogP contribution >= 0.6 is 0 Å². The molecule has 0 aliphatic carbocycles. The second kappa shape index (κ2) is 10.0. The van der Waals surface area contributed by atoms with Crippen LogP contribution in [0.5, 0.6) is 11.5 Å². The number of carbonyl (C=O) groups is 2. The molecule has 0 spiro atoms. The molecule has 2 heterocycles. The highest BCUT2D eigenvalue weighted by Gasteiger charge is 2.49. The molecule has 0 saturated heterocycles. The number of methoxy groups -OCH3 is 2. The van der Waals surface area contributed by atoms with Crippen molar-refractivity contribution in [2.75, 3.05) is 19.1 Å². The van der Waals surface area contributed by atoms with E-state index in [1.807, 2.05) is 79.7 Å². The van der Waals surface area contributed by atoms with E-state index in [9.17, 15) is 9.59 Å². The number of nitrogens with zero attached hydrogens (tertiary/aromatic N) is 3. The molecule has 5 rings (SSSR count). The number of aromatic nitrogens is 2. The fraction of sp³-hybridized carbons (Fsp3) is 0.233. The normalized spacial score (nSPS) is 16.6. The number of aryl methyl sites for hydroxylation is 1. The molecule has 0 radical (unpaired) electrons. The second-order valence-electron chi connectivity index (χ2n) is 9.50. The Bertz CT molecular complexity index is 1490. The van der Waals surface area contributed by atoms with E-state index in [1.54, 1.807) is 36.8 Å². The van der Waals surface area contributed by atoms with Crippen molar-refractivity contribution in [3.05, 3.63) is 95.7 Å². The summed E-state index contributed by atoms with van der Waals surface area (Å²) in [6.45, 7) is 4.17. The summed E-state index contributed by atoms with van der Waals surface area (Å²) in [6, 6.07) is 24.4. The molecular weight excluding hydrogens is 480 g/mol. The summed E-state index contributed by atoms with van der Waals surface area (Å²) in [5.41, 5.74) is 3.12. The number of hydrogen-bond donors (Lipinski definition) is 1. The van der Waals surface area contributed by atoms with Crippen LogP contribution in [0.1, 0.15) is 28.5 Å². The molecule has 1 unspecified atom stereocenters. The standard InChI is InChI=1S/C30H30N4O4/c1-20-9-5-7-11-25(20)34-28(35)26-17-24(21-13-15-23(37-3)16-14-21)32-33(26)19-30(34,2)29(36)31-18-22-10-6-8-12-27(22)38-4/h5-17H,18-19H2,1-4H3,(H,31,36). The Morgan fingerprint density at radius 1 is 1.00 bits per heavy atom. The number of ether oxygens (including phenoxy) is 2. The third-order valence-corrected chi connectivity index (χ3v) is 7.02. The Hall–Kier alpha value is -4.59. The lowest BCUT2D eigenvalue weighted by atomic mass is 9.93. The van der Waals surface area contributed by atoms with Crippen LogP contribution in [0.4, 0.5) is 5.69 Å². The lowest BCUT2D eigenvalue weighted by molar-refractivity contribution is -0.126. The first kappa shape index (κ1) is 25.1. The van der Waals surface area contributed by atoms with Gasteiger partial charge in [0.05, 0.1) is 26.5 Å². The molecule has 3 aromatic carbocycles. The van der Waals surface area contributed by atoms with E-state index in [1.165, 1.54) is 0 Å². The number of para-hydroxylation sites is 2. The molecular formula is C30H30N4O4. The van der Waals surface area contributed by atoms with Crippen LogP contribution in [0.2, 0.25) is 0 Å². The van der Waals surface area contributed by atoms with E-state index in [0.29, 0.717) is 22.8 Å². The van der Waals surface area contributed by atoms with Crippen LogP contribution < -0.4 is 19.7 Å². The predicted molar refractivity (Wildman–Crippen MR) is 145 cm³/mol. The molecule has 1 aromatic heterocycles. The van der Waals surface area contributed by atoms with Crippen LogP contribution in [-0.2, 0) is 17.9 Å². The highest BCUT2D eigenvalue weighted by atomic mass is 16.5. The monoisotopic (exact) mass is 510 g/mol. The van der Waals surface area contributed by atoms with Gasteiger partial charge in [-0.25, -0.2) is 0 Å². The minimum atomic E-state index is -1.23. The zero-order valence-electron chi connectivity index (χ0n) is 21.9. The van der Waals surface area contributed by atoms with Crippen molar-refractivity contribution in [1.29, 1.82) is 0 Å². The number of benzene rings is 3. The first-order valence-corrected chi connectivity index (χ1v) is 12.4. The van der Waals surface area contributed by atoms with Gasteiger partial charge < -0.3 is 14.8 Å². The minimum absolute atomic E-state index is 0.191. The van der Waals surface area contributed by atoms with Crippen LogP contribution in [-0.4, -0.2) is 41.4 Å². The number of amides is 2. The SMILES string of the molecule is COc1ccc(-c2cc3n(n2)CC(C)(C(=O)NCc2ccccc2OC)N(c2ccccc2C)C3=O)cc1. The van der Waals surface area contributed by atoms with Crippen molar-refractivity contribution in [3.63, 3.8) is 0 Å². The molecule has 0 saturated carbocycles. The molecule has 2 amide bonds. The minimum Gasteiger partial charge on any atom is -0.497 e. The fourth-order valence-electron chi connectivity index (χ4n) is 4.89. The lowest BCUT2D eigenvalue weighted by Gasteiger charge is -2.43. The van der Waals surface area contributed by atoms with Crippen molar-refractivity contribution >= 4 is 17.5 Å². The van der Waals surface area contributed by atoms with Crippen molar-refractivity contribution in [2.45, 2.75) is 32.5 Å². The van der Waals surface area contributed by atoms with Gasteiger partial charge in [0.15, 0.2) is 0 Å². The molecule has 8 heteroatoms. The third kappa shape index (κ3) is 4.38. The third-order valence-electron chi connectivity index (χ3n) is 7.02. The average Bonchev–Trinajstić information content (AvgIpc) is 3.37. The zero-order chi connectivity index (χ0) is 26.9. The van der Waals surface area contributed by atoms with E-state index in [0.717, 1.165) is 22.4 Å².